The Labute approximate surface area is 540 Å². The van der Waals surface area contributed by atoms with Crippen LogP contribution in [0.2, 0.25) is 0 Å². The third kappa shape index (κ3) is 7.78. The summed E-state index contributed by atoms with van der Waals surface area (Å²) in [6, 6.07) is 114. The Hall–Kier alpha value is -11.2. The summed E-state index contributed by atoms with van der Waals surface area (Å²) in [6.45, 7) is 0. The Morgan fingerprint density at radius 3 is 1.54 bits per heavy atom. The average Bonchev–Trinajstić information content (AvgIpc) is 1.47. The third-order valence-corrected chi connectivity index (χ3v) is 21.7. The first-order chi connectivity index (χ1) is 45.6. The summed E-state index contributed by atoms with van der Waals surface area (Å²) in [6.07, 6.45) is 0. The van der Waals surface area contributed by atoms with E-state index in [1.54, 1.807) is 0 Å². The van der Waals surface area contributed by atoms with Gasteiger partial charge in [-0.25, -0.2) is 0 Å². The zero-order valence-corrected chi connectivity index (χ0v) is 51.3. The molecule has 4 heterocycles. The predicted molar refractivity (Wildman–Crippen MR) is 382 cm³/mol. The molecule has 20 rings (SSSR count). The topological polar surface area (TPSA) is 46.4 Å². The van der Waals surface area contributed by atoms with Gasteiger partial charge in [0.15, 0.2) is 0 Å². The molecule has 2 aliphatic carbocycles. The van der Waals surface area contributed by atoms with E-state index in [9.17, 15) is 0 Å². The van der Waals surface area contributed by atoms with Gasteiger partial charge in [-0.05, 0) is 163 Å². The van der Waals surface area contributed by atoms with Crippen LogP contribution in [0.25, 0.3) is 86.6 Å². The third-order valence-electron chi connectivity index (χ3n) is 19.5. The van der Waals surface area contributed by atoms with Crippen LogP contribution in [-0.4, -0.2) is 0 Å². The van der Waals surface area contributed by atoms with Gasteiger partial charge >= 0.3 is 0 Å². The Kier molecular flexibility index (Phi) is 11.9. The van der Waals surface area contributed by atoms with Gasteiger partial charge in [0.25, 0.3) is 0 Å². The standard InChI is InChI=1S/2C43H27NOS/c1-5-17-33-28(12-1)29-13-2-6-18-34(29)43(33)35-19-7-10-23-40(35)46-41-25-24-27(26-36(41)43)44-37-20-8-3-14-30(37)31-16-11-22-39-42(31)32-15-4-9-21-38(32)45-39;1-4-17-34-31(13-1)32-14-2-5-18-35(32)43(34)36-19-6-7-20-38(36)45-39-24-23-29(26-37(39)43)44-28-12-9-11-27(25-28)30-16-10-22-41-42(30)33-15-3-8-21-40(33)46-41/h2*1-26,44H. The molecule has 6 heteroatoms. The van der Waals surface area contributed by atoms with Crippen LogP contribution in [0, 0.1) is 0 Å². The van der Waals surface area contributed by atoms with E-state index in [4.69, 9.17) is 9.15 Å². The molecule has 14 aromatic carbocycles. The van der Waals surface area contributed by atoms with Gasteiger partial charge in [-0.1, -0.05) is 236 Å². The molecule has 0 amide bonds. The second-order valence-corrected chi connectivity index (χ2v) is 26.4. The second kappa shape index (κ2) is 20.7. The summed E-state index contributed by atoms with van der Waals surface area (Å²) in [7, 11) is 0. The van der Waals surface area contributed by atoms with E-state index in [2.05, 4.69) is 314 Å². The fourth-order valence-electron chi connectivity index (χ4n) is 15.8. The quantitative estimate of drug-likeness (QED) is 0.174. The first-order valence-corrected chi connectivity index (χ1v) is 33.0. The van der Waals surface area contributed by atoms with Crippen molar-refractivity contribution in [2.45, 2.75) is 20.6 Å². The molecule has 0 saturated heterocycles. The van der Waals surface area contributed by atoms with E-state index >= 15 is 0 Å². The van der Waals surface area contributed by atoms with Crippen LogP contribution in [0.4, 0.5) is 22.7 Å². The molecule has 0 bridgehead atoms. The fraction of sp³-hybridized carbons (Fsp3) is 0.0233. The monoisotopic (exact) mass is 1210 g/mol. The van der Waals surface area contributed by atoms with Crippen molar-refractivity contribution in [1.29, 1.82) is 0 Å². The summed E-state index contributed by atoms with van der Waals surface area (Å²) in [5.74, 6) is 1.80. The highest BCUT2D eigenvalue weighted by atomic mass is 32.2. The Bertz CT molecular complexity index is 5620. The molecule has 2 aliphatic heterocycles. The molecule has 2 aromatic heterocycles. The van der Waals surface area contributed by atoms with Gasteiger partial charge in [-0.2, -0.15) is 0 Å². The number of hydrogen-bond donors (Lipinski definition) is 2. The lowest BCUT2D eigenvalue weighted by molar-refractivity contribution is 0.436. The first kappa shape index (κ1) is 52.8. The average molecular weight is 1210 g/mol. The van der Waals surface area contributed by atoms with Crippen molar-refractivity contribution in [2.24, 2.45) is 0 Å². The number of rotatable bonds is 6. The van der Waals surface area contributed by atoms with Crippen LogP contribution in [0.15, 0.2) is 330 Å². The predicted octanol–water partition coefficient (Wildman–Crippen LogP) is 23.8. The SMILES string of the molecule is c1cc(Nc2ccc3c(c2)C2(c4ccccc4O3)c3ccccc3-c3ccccc32)cc(-c2cccc3sc4ccccc4c23)c1.c1ccc(-c2cccc3oc4ccccc4c23)c(Nc2ccc3c(c2)C2(c4ccccc4S3)c3ccccc3-c3ccccc32)c1. The molecule has 92 heavy (non-hydrogen) atoms. The van der Waals surface area contributed by atoms with E-state index in [1.807, 2.05) is 35.2 Å². The van der Waals surface area contributed by atoms with Crippen molar-refractivity contribution in [3.8, 4) is 56.0 Å². The number of furan rings is 1. The number of anilines is 4. The number of thiophene rings is 1. The molecule has 4 aliphatic rings. The number of para-hydroxylation sites is 3. The maximum atomic E-state index is 6.62. The van der Waals surface area contributed by atoms with Crippen LogP contribution in [-0.2, 0) is 10.8 Å². The molecule has 16 aromatic rings. The molecule has 0 atom stereocenters. The van der Waals surface area contributed by atoms with E-state index < -0.39 is 10.8 Å². The van der Waals surface area contributed by atoms with Gasteiger partial charge in [-0.3, -0.25) is 0 Å². The maximum absolute atomic E-state index is 6.62. The van der Waals surface area contributed by atoms with Gasteiger partial charge < -0.3 is 19.8 Å². The van der Waals surface area contributed by atoms with E-state index in [0.29, 0.717) is 0 Å². The minimum absolute atomic E-state index is 0.400. The van der Waals surface area contributed by atoms with Gasteiger partial charge in [0.05, 0.1) is 10.8 Å². The Morgan fingerprint density at radius 2 is 0.783 bits per heavy atom. The minimum atomic E-state index is -0.480. The summed E-state index contributed by atoms with van der Waals surface area (Å²) in [5, 5.41) is 12.5. The van der Waals surface area contributed by atoms with Crippen molar-refractivity contribution in [2.75, 3.05) is 10.6 Å². The Balaban J connectivity index is 0.000000132. The van der Waals surface area contributed by atoms with Gasteiger partial charge in [0.2, 0.25) is 0 Å². The zero-order valence-electron chi connectivity index (χ0n) is 49.7. The molecule has 432 valence electrons. The van der Waals surface area contributed by atoms with Gasteiger partial charge in [-0.15, -0.1) is 11.3 Å². The van der Waals surface area contributed by atoms with Crippen LogP contribution in [0.3, 0.4) is 0 Å². The minimum Gasteiger partial charge on any atom is -0.457 e. The van der Waals surface area contributed by atoms with E-state index in [0.717, 1.165) is 72.9 Å². The summed E-state index contributed by atoms with van der Waals surface area (Å²) < 4.78 is 15.5. The highest BCUT2D eigenvalue weighted by Crippen LogP contribution is 2.64. The van der Waals surface area contributed by atoms with Gasteiger partial charge in [0.1, 0.15) is 22.7 Å². The first-order valence-electron chi connectivity index (χ1n) is 31.4. The second-order valence-electron chi connectivity index (χ2n) is 24.2. The van der Waals surface area contributed by atoms with Crippen LogP contribution in [0.5, 0.6) is 11.5 Å². The molecular weight excluding hydrogens is 1160 g/mol. The molecule has 4 nitrogen and oxygen atoms in total. The van der Waals surface area contributed by atoms with E-state index in [-0.39, 0.29) is 0 Å². The molecule has 2 N–H and O–H groups in total. The normalized spacial score (nSPS) is 13.7. The van der Waals surface area contributed by atoms with Gasteiger partial charge in [0, 0.05) is 80.2 Å². The van der Waals surface area contributed by atoms with Crippen LogP contribution < -0.4 is 15.4 Å². The summed E-state index contributed by atoms with van der Waals surface area (Å²) in [5.41, 5.74) is 25.4. The largest absolute Gasteiger partial charge is 0.457 e. The molecule has 0 unspecified atom stereocenters. The number of nitrogens with one attached hydrogen (secondary N) is 2. The molecule has 0 radical (unpaired) electrons. The lowest BCUT2D eigenvalue weighted by Crippen LogP contribution is -2.32. The van der Waals surface area contributed by atoms with Crippen molar-refractivity contribution in [3.05, 3.63) is 360 Å². The molecular formula is C86H54N2O2S2. The number of ether oxygens (including phenoxy) is 1. The molecule has 0 saturated carbocycles. The molecule has 0 fully saturated rings. The lowest BCUT2D eigenvalue weighted by Gasteiger charge is -2.40. The summed E-state index contributed by atoms with van der Waals surface area (Å²) in [4.78, 5) is 2.60. The number of fused-ring (bicyclic) bond motifs is 24. The van der Waals surface area contributed by atoms with Crippen LogP contribution >= 0.6 is 23.1 Å². The summed E-state index contributed by atoms with van der Waals surface area (Å²) >= 11 is 3.73. The highest BCUT2D eigenvalue weighted by Gasteiger charge is 2.52. The van der Waals surface area contributed by atoms with Crippen molar-refractivity contribution in [1.82, 2.24) is 0 Å². The van der Waals surface area contributed by atoms with Crippen molar-refractivity contribution >= 4 is 88.0 Å². The highest BCUT2D eigenvalue weighted by molar-refractivity contribution is 7.99. The lowest BCUT2D eigenvalue weighted by atomic mass is 9.66. The smallest absolute Gasteiger partial charge is 0.136 e. The molecule has 2 spiro atoms. The van der Waals surface area contributed by atoms with Crippen molar-refractivity contribution < 1.29 is 9.15 Å². The Morgan fingerprint density at radius 1 is 0.283 bits per heavy atom. The zero-order chi connectivity index (χ0) is 60.5. The van der Waals surface area contributed by atoms with Crippen LogP contribution in [0.1, 0.15) is 44.5 Å². The van der Waals surface area contributed by atoms with E-state index in [1.165, 1.54) is 102 Å². The number of hydrogen-bond acceptors (Lipinski definition) is 6. The maximum Gasteiger partial charge on any atom is 0.136 e. The fourth-order valence-corrected chi connectivity index (χ4v) is 18.1. The van der Waals surface area contributed by atoms with Crippen molar-refractivity contribution in [3.63, 3.8) is 0 Å². The number of benzene rings is 14.